The highest BCUT2D eigenvalue weighted by Gasteiger charge is 2.35. The normalized spacial score (nSPS) is 18.0. The highest BCUT2D eigenvalue weighted by molar-refractivity contribution is 9.10. The zero-order valence-electron chi connectivity index (χ0n) is 20.0. The number of hydrogen-bond donors (Lipinski definition) is 0. The summed E-state index contributed by atoms with van der Waals surface area (Å²) >= 11 is 16.5. The van der Waals surface area contributed by atoms with Crippen LogP contribution in [0, 0.1) is 5.92 Å². The molecular weight excluding hydrogens is 597 g/mol. The van der Waals surface area contributed by atoms with Crippen LogP contribution in [0.2, 0.25) is 10.0 Å². The van der Waals surface area contributed by atoms with E-state index in [9.17, 15) is 14.4 Å². The molecule has 0 radical (unpaired) electrons. The lowest BCUT2D eigenvalue weighted by molar-refractivity contribution is -0.133. The van der Waals surface area contributed by atoms with Crippen molar-refractivity contribution in [3.8, 4) is 0 Å². The molecule has 3 aromatic rings. The second kappa shape index (κ2) is 10.8. The summed E-state index contributed by atoms with van der Waals surface area (Å²) in [4.78, 5) is 42.4. The van der Waals surface area contributed by atoms with Gasteiger partial charge in [-0.1, -0.05) is 52.1 Å². The Hall–Kier alpha value is -2.26. The molecule has 2 fully saturated rings. The zero-order valence-corrected chi connectivity index (χ0v) is 24.0. The number of halogens is 3. The Balaban J connectivity index is 1.41. The monoisotopic (exact) mass is 619 g/mol. The minimum Gasteiger partial charge on any atom is -0.341 e. The van der Waals surface area contributed by atoms with Crippen molar-refractivity contribution in [3.05, 3.63) is 73.1 Å². The van der Waals surface area contributed by atoms with Gasteiger partial charge in [-0.2, -0.15) is 0 Å². The molecule has 37 heavy (non-hydrogen) atoms. The highest BCUT2D eigenvalue weighted by atomic mass is 79.9. The van der Waals surface area contributed by atoms with Gasteiger partial charge in [0, 0.05) is 40.2 Å². The predicted molar refractivity (Wildman–Crippen MR) is 153 cm³/mol. The van der Waals surface area contributed by atoms with Gasteiger partial charge in [-0.05, 0) is 72.5 Å². The molecular formula is C27H24BrCl2N3O3S. The number of imide groups is 1. The smallest absolute Gasteiger partial charge is 0.293 e. The average molecular weight is 621 g/mol. The average Bonchev–Trinajstić information content (AvgIpc) is 3.32. The van der Waals surface area contributed by atoms with Crippen LogP contribution in [-0.2, 0) is 22.7 Å². The van der Waals surface area contributed by atoms with Gasteiger partial charge in [-0.25, -0.2) is 0 Å². The Labute approximate surface area is 237 Å². The van der Waals surface area contributed by atoms with Gasteiger partial charge in [0.25, 0.3) is 11.1 Å². The standard InChI is InChI=1S/C27H24BrCl2N3O3S/c1-16-6-8-31(9-7-16)25(34)15-32-14-18(20-12-19(28)3-5-23(20)32)11-24-26(35)33(27(36)37-24)13-17-2-4-21(29)22(30)10-17/h2-5,10-12,14,16H,6-9,13,15H2,1H3/b24-11-. The van der Waals surface area contributed by atoms with E-state index < -0.39 is 0 Å². The molecule has 0 aliphatic carbocycles. The van der Waals surface area contributed by atoms with Gasteiger partial charge >= 0.3 is 0 Å². The van der Waals surface area contributed by atoms with E-state index in [1.807, 2.05) is 33.9 Å². The summed E-state index contributed by atoms with van der Waals surface area (Å²) in [5.74, 6) is 0.364. The van der Waals surface area contributed by atoms with Crippen molar-refractivity contribution >= 4 is 84.9 Å². The Morgan fingerprint density at radius 2 is 1.86 bits per heavy atom. The number of aromatic nitrogens is 1. The van der Waals surface area contributed by atoms with E-state index in [0.29, 0.717) is 26.4 Å². The molecule has 0 N–H and O–H groups in total. The number of likely N-dealkylation sites (tertiary alicyclic amines) is 1. The molecule has 0 spiro atoms. The molecule has 0 bridgehead atoms. The van der Waals surface area contributed by atoms with E-state index in [4.69, 9.17) is 23.2 Å². The quantitative estimate of drug-likeness (QED) is 0.283. The number of hydrogen-bond acceptors (Lipinski definition) is 4. The van der Waals surface area contributed by atoms with E-state index >= 15 is 0 Å². The second-order valence-electron chi connectivity index (χ2n) is 9.45. The molecule has 1 aromatic heterocycles. The first-order valence-electron chi connectivity index (χ1n) is 11.9. The molecule has 2 aliphatic rings. The first kappa shape index (κ1) is 26.4. The Morgan fingerprint density at radius 3 is 2.59 bits per heavy atom. The summed E-state index contributed by atoms with van der Waals surface area (Å²) in [6.07, 6.45) is 5.66. The van der Waals surface area contributed by atoms with Gasteiger partial charge in [0.1, 0.15) is 6.54 Å². The third kappa shape index (κ3) is 5.62. The molecule has 5 rings (SSSR count). The van der Waals surface area contributed by atoms with Crippen LogP contribution >= 0.6 is 50.9 Å². The van der Waals surface area contributed by atoms with Gasteiger partial charge in [-0.3, -0.25) is 19.3 Å². The van der Waals surface area contributed by atoms with Crippen LogP contribution in [-0.4, -0.2) is 44.5 Å². The second-order valence-corrected chi connectivity index (χ2v) is 12.2. The SMILES string of the molecule is CC1CCN(C(=O)Cn2cc(/C=C3\SC(=O)N(Cc4ccc(Cl)c(Cl)c4)C3=O)c3cc(Br)ccc32)CC1. The van der Waals surface area contributed by atoms with Crippen molar-refractivity contribution in [1.29, 1.82) is 0 Å². The fraction of sp³-hybridized carbons (Fsp3) is 0.296. The van der Waals surface area contributed by atoms with Crippen molar-refractivity contribution in [2.45, 2.75) is 32.9 Å². The van der Waals surface area contributed by atoms with Crippen molar-refractivity contribution in [3.63, 3.8) is 0 Å². The maximum atomic E-state index is 13.2. The maximum Gasteiger partial charge on any atom is 0.293 e. The zero-order chi connectivity index (χ0) is 26.3. The third-order valence-corrected chi connectivity index (χ3v) is 8.94. The van der Waals surface area contributed by atoms with E-state index in [0.717, 1.165) is 58.6 Å². The predicted octanol–water partition coefficient (Wildman–Crippen LogP) is 7.21. The Morgan fingerprint density at radius 1 is 1.11 bits per heavy atom. The lowest BCUT2D eigenvalue weighted by Gasteiger charge is -2.30. The van der Waals surface area contributed by atoms with Gasteiger partial charge < -0.3 is 9.47 Å². The Bertz CT molecular complexity index is 1450. The van der Waals surface area contributed by atoms with E-state index in [2.05, 4.69) is 22.9 Å². The number of carbonyl (C=O) groups excluding carboxylic acids is 3. The van der Waals surface area contributed by atoms with Gasteiger partial charge in [0.2, 0.25) is 5.91 Å². The lowest BCUT2D eigenvalue weighted by atomic mass is 9.99. The summed E-state index contributed by atoms with van der Waals surface area (Å²) in [5, 5.41) is 1.33. The van der Waals surface area contributed by atoms with Crippen molar-refractivity contribution in [2.75, 3.05) is 13.1 Å². The minimum absolute atomic E-state index is 0.0835. The number of fused-ring (bicyclic) bond motifs is 1. The summed E-state index contributed by atoms with van der Waals surface area (Å²) in [6.45, 7) is 4.11. The number of carbonyl (C=O) groups is 3. The van der Waals surface area contributed by atoms with Gasteiger partial charge in [-0.15, -0.1) is 0 Å². The molecule has 10 heteroatoms. The molecule has 3 amide bonds. The highest BCUT2D eigenvalue weighted by Crippen LogP contribution is 2.36. The summed E-state index contributed by atoms with van der Waals surface area (Å²) in [7, 11) is 0. The molecule has 3 heterocycles. The topological polar surface area (TPSA) is 62.6 Å². The molecule has 192 valence electrons. The van der Waals surface area contributed by atoms with Crippen LogP contribution in [0.25, 0.3) is 17.0 Å². The number of benzene rings is 2. The molecule has 6 nitrogen and oxygen atoms in total. The van der Waals surface area contributed by atoms with Gasteiger partial charge in [0.05, 0.1) is 21.5 Å². The molecule has 0 atom stereocenters. The van der Waals surface area contributed by atoms with Crippen LogP contribution in [0.1, 0.15) is 30.9 Å². The number of piperidine rings is 1. The molecule has 2 saturated heterocycles. The lowest BCUT2D eigenvalue weighted by Crippen LogP contribution is -2.39. The van der Waals surface area contributed by atoms with Crippen molar-refractivity contribution in [1.82, 2.24) is 14.4 Å². The van der Waals surface area contributed by atoms with Gasteiger partial charge in [0.15, 0.2) is 0 Å². The van der Waals surface area contributed by atoms with Crippen LogP contribution in [0.15, 0.2) is 52.0 Å². The van der Waals surface area contributed by atoms with Crippen molar-refractivity contribution in [2.24, 2.45) is 5.92 Å². The first-order valence-corrected chi connectivity index (χ1v) is 14.3. The first-order chi connectivity index (χ1) is 17.7. The number of amides is 3. The van der Waals surface area contributed by atoms with Crippen LogP contribution in [0.5, 0.6) is 0 Å². The fourth-order valence-corrected chi connectivity index (χ4v) is 6.16. The van der Waals surface area contributed by atoms with Crippen LogP contribution in [0.4, 0.5) is 4.79 Å². The maximum absolute atomic E-state index is 13.2. The third-order valence-electron chi connectivity index (χ3n) is 6.80. The fourth-order valence-electron chi connectivity index (χ4n) is 4.64. The number of nitrogens with zero attached hydrogens (tertiary/aromatic N) is 3. The number of rotatable bonds is 5. The molecule has 0 saturated carbocycles. The summed E-state index contributed by atoms with van der Waals surface area (Å²) < 4.78 is 2.81. The van der Waals surface area contributed by atoms with Crippen LogP contribution < -0.4 is 0 Å². The molecule has 2 aliphatic heterocycles. The van der Waals surface area contributed by atoms with E-state index in [-0.39, 0.29) is 30.1 Å². The largest absolute Gasteiger partial charge is 0.341 e. The summed E-state index contributed by atoms with van der Waals surface area (Å²) in [5.41, 5.74) is 2.38. The number of thioether (sulfide) groups is 1. The van der Waals surface area contributed by atoms with Crippen molar-refractivity contribution < 1.29 is 14.4 Å². The minimum atomic E-state index is -0.365. The Kier molecular flexibility index (Phi) is 7.73. The van der Waals surface area contributed by atoms with E-state index in [1.165, 1.54) is 4.90 Å². The molecule has 2 aromatic carbocycles. The summed E-state index contributed by atoms with van der Waals surface area (Å²) in [6, 6.07) is 10.9. The molecule has 0 unspecified atom stereocenters. The van der Waals surface area contributed by atoms with Crippen LogP contribution in [0.3, 0.4) is 0 Å². The van der Waals surface area contributed by atoms with E-state index in [1.54, 1.807) is 24.3 Å².